The van der Waals surface area contributed by atoms with Gasteiger partial charge in [-0.05, 0) is 31.7 Å². The molecule has 31 heavy (non-hydrogen) atoms. The minimum absolute atomic E-state index is 0.166. The lowest BCUT2D eigenvalue weighted by Gasteiger charge is -2.37. The van der Waals surface area contributed by atoms with Crippen LogP contribution >= 0.6 is 0 Å². The molecule has 2 aliphatic heterocycles. The second-order valence-corrected chi connectivity index (χ2v) is 7.37. The van der Waals surface area contributed by atoms with Crippen LogP contribution in [0.1, 0.15) is 18.5 Å². The van der Waals surface area contributed by atoms with E-state index in [1.54, 1.807) is 19.1 Å². The number of guanidine groups is 1. The SMILES string of the molecule is CCOC(=O)C1C(=O)NC(N2CCN(C)CC2)=NC1c1cc(OC)c(OC)c(OC)c1. The van der Waals surface area contributed by atoms with E-state index in [1.807, 2.05) is 11.9 Å². The molecule has 0 aromatic heterocycles. The Morgan fingerprint density at radius 2 is 1.71 bits per heavy atom. The Balaban J connectivity index is 2.07. The average molecular weight is 434 g/mol. The normalized spacial score (nSPS) is 21.8. The molecule has 1 N–H and O–H groups in total. The zero-order chi connectivity index (χ0) is 22.5. The fourth-order valence-electron chi connectivity index (χ4n) is 3.76. The molecular formula is C21H30N4O6. The van der Waals surface area contributed by atoms with Crippen LogP contribution in [0.2, 0.25) is 0 Å². The molecular weight excluding hydrogens is 404 g/mol. The topological polar surface area (TPSA) is 102 Å². The zero-order valence-electron chi connectivity index (χ0n) is 18.6. The van der Waals surface area contributed by atoms with Crippen LogP contribution in [0.3, 0.4) is 0 Å². The first-order valence-corrected chi connectivity index (χ1v) is 10.2. The predicted molar refractivity (Wildman–Crippen MR) is 114 cm³/mol. The molecule has 1 aromatic carbocycles. The number of rotatable bonds is 6. The number of carbonyl (C=O) groups excluding carboxylic acids is 2. The second kappa shape index (κ2) is 9.86. The molecule has 10 nitrogen and oxygen atoms in total. The highest BCUT2D eigenvalue weighted by atomic mass is 16.5. The van der Waals surface area contributed by atoms with Crippen molar-refractivity contribution in [2.45, 2.75) is 13.0 Å². The fraction of sp³-hybridized carbons (Fsp3) is 0.571. The maximum atomic E-state index is 13.0. The zero-order valence-corrected chi connectivity index (χ0v) is 18.6. The number of nitrogens with zero attached hydrogens (tertiary/aromatic N) is 3. The first-order valence-electron chi connectivity index (χ1n) is 10.2. The van der Waals surface area contributed by atoms with E-state index in [1.165, 1.54) is 21.3 Å². The average Bonchev–Trinajstić information content (AvgIpc) is 2.77. The third kappa shape index (κ3) is 4.68. The van der Waals surface area contributed by atoms with Gasteiger partial charge in [0.1, 0.15) is 6.04 Å². The van der Waals surface area contributed by atoms with Crippen LogP contribution in [0.4, 0.5) is 0 Å². The second-order valence-electron chi connectivity index (χ2n) is 7.37. The monoisotopic (exact) mass is 434 g/mol. The Labute approximate surface area is 182 Å². The minimum Gasteiger partial charge on any atom is -0.493 e. The van der Waals surface area contributed by atoms with Crippen molar-refractivity contribution in [1.29, 1.82) is 0 Å². The number of carbonyl (C=O) groups is 2. The van der Waals surface area contributed by atoms with Crippen LogP contribution in [0, 0.1) is 5.92 Å². The first kappa shape index (κ1) is 22.7. The van der Waals surface area contributed by atoms with Crippen molar-refractivity contribution in [2.24, 2.45) is 10.9 Å². The molecule has 0 saturated carbocycles. The van der Waals surface area contributed by atoms with E-state index in [0.29, 0.717) is 28.8 Å². The molecule has 170 valence electrons. The maximum Gasteiger partial charge on any atom is 0.321 e. The number of hydrogen-bond donors (Lipinski definition) is 1. The number of methoxy groups -OCH3 is 3. The molecule has 3 rings (SSSR count). The summed E-state index contributed by atoms with van der Waals surface area (Å²) >= 11 is 0. The molecule has 0 bridgehead atoms. The highest BCUT2D eigenvalue weighted by Crippen LogP contribution is 2.42. The lowest BCUT2D eigenvalue weighted by Crippen LogP contribution is -2.56. The molecule has 1 fully saturated rings. The Kier molecular flexibility index (Phi) is 7.21. The molecule has 2 atom stereocenters. The molecule has 2 heterocycles. The van der Waals surface area contributed by atoms with Crippen molar-refractivity contribution >= 4 is 17.8 Å². The van der Waals surface area contributed by atoms with Gasteiger partial charge in [-0.1, -0.05) is 0 Å². The number of hydrogen-bond acceptors (Lipinski definition) is 9. The number of aliphatic imine (C=N–C) groups is 1. The van der Waals surface area contributed by atoms with Crippen molar-refractivity contribution in [3.05, 3.63) is 17.7 Å². The smallest absolute Gasteiger partial charge is 0.321 e. The highest BCUT2D eigenvalue weighted by Gasteiger charge is 2.42. The number of amides is 1. The van der Waals surface area contributed by atoms with Crippen molar-refractivity contribution in [1.82, 2.24) is 15.1 Å². The van der Waals surface area contributed by atoms with Crippen molar-refractivity contribution in [3.8, 4) is 17.2 Å². The van der Waals surface area contributed by atoms with E-state index in [2.05, 4.69) is 10.2 Å². The van der Waals surface area contributed by atoms with E-state index in [-0.39, 0.29) is 6.61 Å². The number of ether oxygens (including phenoxy) is 4. The van der Waals surface area contributed by atoms with E-state index in [0.717, 1.165) is 26.2 Å². The molecule has 1 aromatic rings. The van der Waals surface area contributed by atoms with Crippen molar-refractivity contribution in [2.75, 3.05) is 61.2 Å². The van der Waals surface area contributed by atoms with E-state index in [4.69, 9.17) is 23.9 Å². The number of esters is 1. The van der Waals surface area contributed by atoms with Gasteiger partial charge in [0.15, 0.2) is 17.4 Å². The lowest BCUT2D eigenvalue weighted by molar-refractivity contribution is -0.153. The van der Waals surface area contributed by atoms with Gasteiger partial charge in [0, 0.05) is 26.2 Å². The summed E-state index contributed by atoms with van der Waals surface area (Å²) in [6.07, 6.45) is 0. The van der Waals surface area contributed by atoms with Gasteiger partial charge in [-0.15, -0.1) is 0 Å². The third-order valence-electron chi connectivity index (χ3n) is 5.47. The van der Waals surface area contributed by atoms with Gasteiger partial charge in [0.05, 0.1) is 27.9 Å². The van der Waals surface area contributed by atoms with Gasteiger partial charge in [-0.3, -0.25) is 14.9 Å². The summed E-state index contributed by atoms with van der Waals surface area (Å²) in [6, 6.07) is 2.63. The Bertz CT molecular complexity index is 825. The Hall–Kier alpha value is -3.01. The highest BCUT2D eigenvalue weighted by molar-refractivity contribution is 6.08. The number of benzene rings is 1. The molecule has 1 saturated heterocycles. The molecule has 0 aliphatic carbocycles. The molecule has 0 radical (unpaired) electrons. The van der Waals surface area contributed by atoms with Crippen LogP contribution < -0.4 is 19.5 Å². The quantitative estimate of drug-likeness (QED) is 0.515. The van der Waals surface area contributed by atoms with E-state index < -0.39 is 23.8 Å². The summed E-state index contributed by atoms with van der Waals surface area (Å²) in [5.41, 5.74) is 0.592. The van der Waals surface area contributed by atoms with Gasteiger partial charge in [0.25, 0.3) is 0 Å². The van der Waals surface area contributed by atoms with Gasteiger partial charge >= 0.3 is 5.97 Å². The Morgan fingerprint density at radius 3 is 2.23 bits per heavy atom. The van der Waals surface area contributed by atoms with Crippen molar-refractivity contribution < 1.29 is 28.5 Å². The van der Waals surface area contributed by atoms with E-state index in [9.17, 15) is 9.59 Å². The van der Waals surface area contributed by atoms with Crippen LogP contribution in [0.5, 0.6) is 17.2 Å². The molecule has 0 spiro atoms. The maximum absolute atomic E-state index is 13.0. The van der Waals surface area contributed by atoms with Crippen LogP contribution in [-0.4, -0.2) is 88.8 Å². The first-order chi connectivity index (χ1) is 14.9. The molecule has 10 heteroatoms. The van der Waals surface area contributed by atoms with Crippen molar-refractivity contribution in [3.63, 3.8) is 0 Å². The van der Waals surface area contributed by atoms with Crippen LogP contribution in [0.25, 0.3) is 0 Å². The number of piperazine rings is 1. The van der Waals surface area contributed by atoms with Crippen LogP contribution in [-0.2, 0) is 14.3 Å². The number of likely N-dealkylation sites (N-methyl/N-ethyl adjacent to an activating group) is 1. The van der Waals surface area contributed by atoms with Crippen LogP contribution in [0.15, 0.2) is 17.1 Å². The van der Waals surface area contributed by atoms with Gasteiger partial charge < -0.3 is 28.7 Å². The molecule has 2 unspecified atom stereocenters. The predicted octanol–water partition coefficient (Wildman–Crippen LogP) is 0.666. The molecule has 2 aliphatic rings. The number of nitrogens with one attached hydrogen (secondary N) is 1. The summed E-state index contributed by atoms with van der Waals surface area (Å²) in [6.45, 7) is 5.02. The third-order valence-corrected chi connectivity index (χ3v) is 5.47. The fourth-order valence-corrected chi connectivity index (χ4v) is 3.76. The summed E-state index contributed by atoms with van der Waals surface area (Å²) < 4.78 is 21.5. The lowest BCUT2D eigenvalue weighted by atomic mass is 9.90. The van der Waals surface area contributed by atoms with Gasteiger partial charge in [0.2, 0.25) is 17.6 Å². The minimum atomic E-state index is -1.13. The summed E-state index contributed by atoms with van der Waals surface area (Å²) in [7, 11) is 6.58. The largest absolute Gasteiger partial charge is 0.493 e. The summed E-state index contributed by atoms with van der Waals surface area (Å²) in [5.74, 6) is -0.481. The van der Waals surface area contributed by atoms with Gasteiger partial charge in [-0.2, -0.15) is 0 Å². The van der Waals surface area contributed by atoms with Gasteiger partial charge in [-0.25, -0.2) is 4.99 Å². The summed E-state index contributed by atoms with van der Waals surface area (Å²) in [4.78, 5) is 34.7. The van der Waals surface area contributed by atoms with E-state index >= 15 is 0 Å². The standard InChI is InChI=1S/C21H30N4O6/c1-6-31-20(27)16-17(13-11-14(28-3)18(30-5)15(12-13)29-4)22-21(23-19(16)26)25-9-7-24(2)8-10-25/h11-12,16-17H,6-10H2,1-5H3,(H,22,23,26). The molecule has 1 amide bonds. The summed E-state index contributed by atoms with van der Waals surface area (Å²) in [5, 5.41) is 2.80. The Morgan fingerprint density at radius 1 is 1.10 bits per heavy atom.